The third-order valence-electron chi connectivity index (χ3n) is 4.01. The number of carbonyl (C=O) groups is 2. The lowest BCUT2D eigenvalue weighted by Crippen LogP contribution is -2.33. The number of allylic oxidation sites excluding steroid dienone is 1. The molecule has 0 atom stereocenters. The minimum absolute atomic E-state index is 0.0469. The second-order valence-electron chi connectivity index (χ2n) is 6.44. The van der Waals surface area contributed by atoms with Crippen LogP contribution in [0.2, 0.25) is 0 Å². The third kappa shape index (κ3) is 6.16. The van der Waals surface area contributed by atoms with Gasteiger partial charge in [0, 0.05) is 31.3 Å². The minimum Gasteiger partial charge on any atom is -0.351 e. The Morgan fingerprint density at radius 2 is 1.75 bits per heavy atom. The van der Waals surface area contributed by atoms with Gasteiger partial charge in [0.1, 0.15) is 0 Å². The Labute approximate surface area is 144 Å². The van der Waals surface area contributed by atoms with E-state index >= 15 is 0 Å². The van der Waals surface area contributed by atoms with Crippen LogP contribution in [0.5, 0.6) is 0 Å². The topological polar surface area (TPSA) is 61.4 Å². The van der Waals surface area contributed by atoms with Crippen molar-refractivity contribution in [2.45, 2.75) is 33.2 Å². The smallest absolute Gasteiger partial charge is 0.251 e. The number of hydrogen-bond acceptors (Lipinski definition) is 3. The van der Waals surface area contributed by atoms with E-state index in [0.717, 1.165) is 30.8 Å². The molecule has 0 aliphatic carbocycles. The third-order valence-corrected chi connectivity index (χ3v) is 4.01. The number of hydrogen-bond donors (Lipinski definition) is 2. The summed E-state index contributed by atoms with van der Waals surface area (Å²) in [5, 5.41) is 5.78. The average Bonchev–Trinajstić information content (AvgIpc) is 3.06. The monoisotopic (exact) mass is 329 g/mol. The van der Waals surface area contributed by atoms with Crippen LogP contribution < -0.4 is 10.6 Å². The van der Waals surface area contributed by atoms with Crippen LogP contribution in [-0.4, -0.2) is 42.9 Å². The van der Waals surface area contributed by atoms with E-state index in [2.05, 4.69) is 15.5 Å². The summed E-state index contributed by atoms with van der Waals surface area (Å²) in [4.78, 5) is 26.1. The molecule has 1 heterocycles. The standard InChI is InChI=1S/C19H27N3O2/c1-15(2)13-18(23)21-14-16-5-7-17(8-6-16)19(24)20-9-12-22-10-3-4-11-22/h5-8,13H,3-4,9-12,14H2,1-2H3,(H,20,24)(H,21,23). The molecular weight excluding hydrogens is 302 g/mol. The predicted molar refractivity (Wildman–Crippen MR) is 95.7 cm³/mol. The SMILES string of the molecule is CC(C)=CC(=O)NCc1ccc(C(=O)NCCN2CCCC2)cc1. The predicted octanol–water partition coefficient (Wildman–Crippen LogP) is 2.09. The summed E-state index contributed by atoms with van der Waals surface area (Å²) in [5.74, 6) is -0.145. The minimum atomic E-state index is -0.0984. The molecule has 1 aromatic rings. The zero-order valence-electron chi connectivity index (χ0n) is 14.6. The molecule has 1 aliphatic rings. The molecule has 1 aliphatic heterocycles. The molecule has 2 N–H and O–H groups in total. The first-order chi connectivity index (χ1) is 11.5. The molecule has 0 bridgehead atoms. The van der Waals surface area contributed by atoms with Gasteiger partial charge in [0.05, 0.1) is 0 Å². The van der Waals surface area contributed by atoms with Gasteiger partial charge in [0.25, 0.3) is 5.91 Å². The molecule has 130 valence electrons. The maximum atomic E-state index is 12.1. The van der Waals surface area contributed by atoms with Gasteiger partial charge in [0.2, 0.25) is 5.91 Å². The van der Waals surface area contributed by atoms with E-state index in [4.69, 9.17) is 0 Å². The van der Waals surface area contributed by atoms with Crippen LogP contribution in [0, 0.1) is 0 Å². The second-order valence-corrected chi connectivity index (χ2v) is 6.44. The van der Waals surface area contributed by atoms with Gasteiger partial charge in [-0.2, -0.15) is 0 Å². The van der Waals surface area contributed by atoms with Crippen LogP contribution in [0.25, 0.3) is 0 Å². The number of nitrogens with zero attached hydrogens (tertiary/aromatic N) is 1. The molecule has 0 unspecified atom stereocenters. The van der Waals surface area contributed by atoms with Crippen molar-refractivity contribution in [2.75, 3.05) is 26.2 Å². The summed E-state index contributed by atoms with van der Waals surface area (Å²) in [6.45, 7) is 8.11. The van der Waals surface area contributed by atoms with Crippen LogP contribution in [-0.2, 0) is 11.3 Å². The molecular formula is C19H27N3O2. The van der Waals surface area contributed by atoms with Gasteiger partial charge in [0.15, 0.2) is 0 Å². The molecule has 1 fully saturated rings. The van der Waals surface area contributed by atoms with Crippen molar-refractivity contribution in [3.63, 3.8) is 0 Å². The summed E-state index contributed by atoms with van der Waals surface area (Å²) in [7, 11) is 0. The number of rotatable bonds is 7. The summed E-state index contributed by atoms with van der Waals surface area (Å²) in [5.41, 5.74) is 2.59. The van der Waals surface area contributed by atoms with Gasteiger partial charge in [-0.15, -0.1) is 0 Å². The van der Waals surface area contributed by atoms with Crippen molar-refractivity contribution in [2.24, 2.45) is 0 Å². The molecule has 0 saturated carbocycles. The quantitative estimate of drug-likeness (QED) is 0.753. The van der Waals surface area contributed by atoms with Crippen molar-refractivity contribution in [1.29, 1.82) is 0 Å². The molecule has 2 rings (SSSR count). The number of likely N-dealkylation sites (tertiary alicyclic amines) is 1. The van der Waals surface area contributed by atoms with E-state index < -0.39 is 0 Å². The fourth-order valence-electron chi connectivity index (χ4n) is 2.71. The van der Waals surface area contributed by atoms with Crippen molar-refractivity contribution in [3.05, 3.63) is 47.0 Å². The molecule has 1 aromatic carbocycles. The average molecular weight is 329 g/mol. The van der Waals surface area contributed by atoms with Crippen LogP contribution in [0.3, 0.4) is 0 Å². The zero-order valence-corrected chi connectivity index (χ0v) is 14.6. The van der Waals surface area contributed by atoms with Gasteiger partial charge in [-0.3, -0.25) is 9.59 Å². The van der Waals surface area contributed by atoms with Gasteiger partial charge in [-0.05, 0) is 57.5 Å². The Hall–Kier alpha value is -2.14. The van der Waals surface area contributed by atoms with Gasteiger partial charge in [-0.25, -0.2) is 0 Å². The maximum absolute atomic E-state index is 12.1. The number of carbonyl (C=O) groups excluding carboxylic acids is 2. The first-order valence-corrected chi connectivity index (χ1v) is 8.57. The van der Waals surface area contributed by atoms with Crippen molar-refractivity contribution in [1.82, 2.24) is 15.5 Å². The second kappa shape index (κ2) is 9.23. The lowest BCUT2D eigenvalue weighted by atomic mass is 10.1. The van der Waals surface area contributed by atoms with E-state index in [-0.39, 0.29) is 11.8 Å². The first kappa shape index (κ1) is 18.2. The van der Waals surface area contributed by atoms with E-state index in [1.165, 1.54) is 12.8 Å². The van der Waals surface area contributed by atoms with Gasteiger partial charge >= 0.3 is 0 Å². The normalized spacial score (nSPS) is 14.2. The lowest BCUT2D eigenvalue weighted by Gasteiger charge is -2.14. The molecule has 0 aromatic heterocycles. The highest BCUT2D eigenvalue weighted by Gasteiger charge is 2.11. The molecule has 24 heavy (non-hydrogen) atoms. The molecule has 0 radical (unpaired) electrons. The fraction of sp³-hybridized carbons (Fsp3) is 0.474. The van der Waals surface area contributed by atoms with Crippen molar-refractivity contribution < 1.29 is 9.59 Å². The highest BCUT2D eigenvalue weighted by Crippen LogP contribution is 2.06. The van der Waals surface area contributed by atoms with Gasteiger partial charge in [-0.1, -0.05) is 17.7 Å². The molecule has 5 nitrogen and oxygen atoms in total. The van der Waals surface area contributed by atoms with Crippen LogP contribution in [0.1, 0.15) is 42.6 Å². The summed E-state index contributed by atoms with van der Waals surface area (Å²) in [6.07, 6.45) is 4.10. The zero-order chi connectivity index (χ0) is 17.4. The Bertz CT molecular complexity index is 583. The van der Waals surface area contributed by atoms with Crippen LogP contribution in [0.4, 0.5) is 0 Å². The molecule has 5 heteroatoms. The molecule has 2 amide bonds. The summed E-state index contributed by atoms with van der Waals surface area (Å²) < 4.78 is 0. The lowest BCUT2D eigenvalue weighted by molar-refractivity contribution is -0.116. The Morgan fingerprint density at radius 3 is 2.38 bits per heavy atom. The number of nitrogens with one attached hydrogen (secondary N) is 2. The summed E-state index contributed by atoms with van der Waals surface area (Å²) >= 11 is 0. The van der Waals surface area contributed by atoms with E-state index in [0.29, 0.717) is 18.7 Å². The number of benzene rings is 1. The summed E-state index contributed by atoms with van der Waals surface area (Å²) in [6, 6.07) is 7.34. The highest BCUT2D eigenvalue weighted by atomic mass is 16.2. The van der Waals surface area contributed by atoms with Crippen molar-refractivity contribution >= 4 is 11.8 Å². The maximum Gasteiger partial charge on any atom is 0.251 e. The van der Waals surface area contributed by atoms with Crippen LogP contribution in [0.15, 0.2) is 35.9 Å². The van der Waals surface area contributed by atoms with E-state index in [1.54, 1.807) is 18.2 Å². The number of amides is 2. The first-order valence-electron chi connectivity index (χ1n) is 8.57. The Balaban J connectivity index is 1.74. The fourth-order valence-corrected chi connectivity index (χ4v) is 2.71. The van der Waals surface area contributed by atoms with E-state index in [9.17, 15) is 9.59 Å². The van der Waals surface area contributed by atoms with Gasteiger partial charge < -0.3 is 15.5 Å². The van der Waals surface area contributed by atoms with E-state index in [1.807, 2.05) is 26.0 Å². The Kier molecular flexibility index (Phi) is 7.00. The molecule has 0 spiro atoms. The van der Waals surface area contributed by atoms with Crippen LogP contribution >= 0.6 is 0 Å². The highest BCUT2D eigenvalue weighted by molar-refractivity contribution is 5.94. The largest absolute Gasteiger partial charge is 0.351 e. The Morgan fingerprint density at radius 1 is 1.08 bits per heavy atom. The van der Waals surface area contributed by atoms with Crippen molar-refractivity contribution in [3.8, 4) is 0 Å². The molecule has 1 saturated heterocycles.